The van der Waals surface area contributed by atoms with Gasteiger partial charge in [0.2, 0.25) is 6.10 Å². The summed E-state index contributed by atoms with van der Waals surface area (Å²) >= 11 is 0. The monoisotopic (exact) mass is 300 g/mol. The van der Waals surface area contributed by atoms with Crippen LogP contribution in [-0.4, -0.2) is 40.8 Å². The molecule has 1 unspecified atom stereocenters. The van der Waals surface area contributed by atoms with Crippen molar-refractivity contribution in [2.24, 2.45) is 0 Å². The molecule has 0 fully saturated rings. The number of aromatic nitrogens is 2. The Kier molecular flexibility index (Phi) is 4.67. The van der Waals surface area contributed by atoms with Crippen molar-refractivity contribution in [2.75, 3.05) is 19.8 Å². The minimum Gasteiger partial charge on any atom is -0.442 e. The summed E-state index contributed by atoms with van der Waals surface area (Å²) in [5, 5.41) is 0. The molecule has 7 nitrogen and oxygen atoms in total. The standard InChI is InChI=1S/C15H16N4O3/c1-19(2)14(20)12(10-6-4-3-5-7-10)22-15(21)11-13(16)18-9-8-17-11/h3-9,12H,1-2H3,(H2,16,18). The molecule has 1 aromatic carbocycles. The molecule has 0 aliphatic heterocycles. The zero-order valence-electron chi connectivity index (χ0n) is 12.3. The van der Waals surface area contributed by atoms with Crippen LogP contribution in [0.5, 0.6) is 0 Å². The second-order valence-corrected chi connectivity index (χ2v) is 4.72. The zero-order valence-corrected chi connectivity index (χ0v) is 12.3. The number of carbonyl (C=O) groups is 2. The molecule has 0 aliphatic carbocycles. The molecular weight excluding hydrogens is 284 g/mol. The van der Waals surface area contributed by atoms with E-state index in [1.165, 1.54) is 17.3 Å². The van der Waals surface area contributed by atoms with Crippen LogP contribution in [-0.2, 0) is 9.53 Å². The Hall–Kier alpha value is -2.96. The number of amides is 1. The number of anilines is 1. The van der Waals surface area contributed by atoms with E-state index >= 15 is 0 Å². The van der Waals surface area contributed by atoms with Gasteiger partial charge in [-0.1, -0.05) is 30.3 Å². The van der Waals surface area contributed by atoms with E-state index in [1.54, 1.807) is 38.4 Å². The third-order valence-corrected chi connectivity index (χ3v) is 2.91. The van der Waals surface area contributed by atoms with E-state index in [-0.39, 0.29) is 17.4 Å². The summed E-state index contributed by atoms with van der Waals surface area (Å²) in [6.07, 6.45) is 1.63. The number of rotatable bonds is 4. The van der Waals surface area contributed by atoms with Crippen molar-refractivity contribution in [1.29, 1.82) is 0 Å². The molecule has 0 saturated carbocycles. The summed E-state index contributed by atoms with van der Waals surface area (Å²) < 4.78 is 5.31. The quantitative estimate of drug-likeness (QED) is 0.847. The van der Waals surface area contributed by atoms with Gasteiger partial charge in [0.15, 0.2) is 11.5 Å². The topological polar surface area (TPSA) is 98.4 Å². The summed E-state index contributed by atoms with van der Waals surface area (Å²) in [4.78, 5) is 33.5. The molecule has 1 aromatic heterocycles. The van der Waals surface area contributed by atoms with Gasteiger partial charge in [-0.25, -0.2) is 14.8 Å². The van der Waals surface area contributed by atoms with Gasteiger partial charge in [0.25, 0.3) is 5.91 Å². The van der Waals surface area contributed by atoms with Gasteiger partial charge in [-0.15, -0.1) is 0 Å². The Balaban J connectivity index is 2.29. The first-order chi connectivity index (χ1) is 10.5. The summed E-state index contributed by atoms with van der Waals surface area (Å²) in [5.41, 5.74) is 6.05. The lowest BCUT2D eigenvalue weighted by Gasteiger charge is -2.21. The van der Waals surface area contributed by atoms with Crippen LogP contribution in [0.2, 0.25) is 0 Å². The van der Waals surface area contributed by atoms with Crippen LogP contribution < -0.4 is 5.73 Å². The molecular formula is C15H16N4O3. The van der Waals surface area contributed by atoms with Gasteiger partial charge in [0, 0.05) is 32.1 Å². The second-order valence-electron chi connectivity index (χ2n) is 4.72. The van der Waals surface area contributed by atoms with E-state index in [0.717, 1.165) is 0 Å². The zero-order chi connectivity index (χ0) is 16.1. The highest BCUT2D eigenvalue weighted by Crippen LogP contribution is 2.21. The maximum Gasteiger partial charge on any atom is 0.361 e. The number of esters is 1. The highest BCUT2D eigenvalue weighted by atomic mass is 16.5. The van der Waals surface area contributed by atoms with Gasteiger partial charge >= 0.3 is 5.97 Å². The van der Waals surface area contributed by atoms with Crippen molar-refractivity contribution in [2.45, 2.75) is 6.10 Å². The normalized spacial score (nSPS) is 11.5. The first-order valence-electron chi connectivity index (χ1n) is 6.54. The van der Waals surface area contributed by atoms with Crippen molar-refractivity contribution in [1.82, 2.24) is 14.9 Å². The average Bonchev–Trinajstić information content (AvgIpc) is 2.53. The number of hydrogen-bond acceptors (Lipinski definition) is 6. The van der Waals surface area contributed by atoms with E-state index in [0.29, 0.717) is 5.56 Å². The van der Waals surface area contributed by atoms with E-state index in [2.05, 4.69) is 9.97 Å². The van der Waals surface area contributed by atoms with Gasteiger partial charge in [0.05, 0.1) is 0 Å². The van der Waals surface area contributed by atoms with Crippen LogP contribution in [0.4, 0.5) is 5.82 Å². The van der Waals surface area contributed by atoms with Crippen LogP contribution in [0.25, 0.3) is 0 Å². The molecule has 0 radical (unpaired) electrons. The summed E-state index contributed by atoms with van der Waals surface area (Å²) in [5.74, 6) is -1.20. The molecule has 0 saturated heterocycles. The molecule has 1 amide bonds. The van der Waals surface area contributed by atoms with Gasteiger partial charge < -0.3 is 15.4 Å². The van der Waals surface area contributed by atoms with E-state index in [1.807, 2.05) is 6.07 Å². The highest BCUT2D eigenvalue weighted by Gasteiger charge is 2.28. The first kappa shape index (κ1) is 15.4. The molecule has 2 aromatic rings. The number of hydrogen-bond donors (Lipinski definition) is 1. The molecule has 0 aliphatic rings. The number of nitrogen functional groups attached to an aromatic ring is 1. The molecule has 2 rings (SSSR count). The Bertz CT molecular complexity index is 673. The van der Waals surface area contributed by atoms with E-state index in [9.17, 15) is 9.59 Å². The molecule has 22 heavy (non-hydrogen) atoms. The van der Waals surface area contributed by atoms with Crippen LogP contribution in [0, 0.1) is 0 Å². The predicted octanol–water partition coefficient (Wildman–Crippen LogP) is 1.05. The van der Waals surface area contributed by atoms with Crippen LogP contribution in [0.3, 0.4) is 0 Å². The van der Waals surface area contributed by atoms with Gasteiger partial charge in [-0.3, -0.25) is 4.79 Å². The minimum absolute atomic E-state index is 0.0448. The molecule has 0 bridgehead atoms. The first-order valence-corrected chi connectivity index (χ1v) is 6.54. The Morgan fingerprint density at radius 2 is 1.77 bits per heavy atom. The number of ether oxygens (including phenoxy) is 1. The summed E-state index contributed by atoms with van der Waals surface area (Å²) in [7, 11) is 3.17. The Labute approximate surface area is 127 Å². The maximum absolute atomic E-state index is 12.3. The third-order valence-electron chi connectivity index (χ3n) is 2.91. The van der Waals surface area contributed by atoms with Crippen molar-refractivity contribution in [3.63, 3.8) is 0 Å². The largest absolute Gasteiger partial charge is 0.442 e. The van der Waals surface area contributed by atoms with Crippen molar-refractivity contribution in [3.05, 3.63) is 54.0 Å². The summed E-state index contributed by atoms with van der Waals surface area (Å²) in [6.45, 7) is 0. The number of nitrogens with zero attached hydrogens (tertiary/aromatic N) is 3. The average molecular weight is 300 g/mol. The highest BCUT2D eigenvalue weighted by molar-refractivity contribution is 5.94. The Morgan fingerprint density at radius 3 is 2.36 bits per heavy atom. The lowest BCUT2D eigenvalue weighted by atomic mass is 10.1. The van der Waals surface area contributed by atoms with E-state index < -0.39 is 12.1 Å². The lowest BCUT2D eigenvalue weighted by Crippen LogP contribution is -2.31. The number of likely N-dealkylation sites (N-methyl/N-ethyl adjacent to an activating group) is 1. The van der Waals surface area contributed by atoms with Crippen LogP contribution in [0.15, 0.2) is 42.7 Å². The van der Waals surface area contributed by atoms with Crippen LogP contribution in [0.1, 0.15) is 22.2 Å². The van der Waals surface area contributed by atoms with Crippen LogP contribution >= 0.6 is 0 Å². The SMILES string of the molecule is CN(C)C(=O)C(OC(=O)c1nccnc1N)c1ccccc1. The lowest BCUT2D eigenvalue weighted by molar-refractivity contribution is -0.138. The van der Waals surface area contributed by atoms with Gasteiger partial charge in [0.1, 0.15) is 0 Å². The van der Waals surface area contributed by atoms with Crippen molar-refractivity contribution < 1.29 is 14.3 Å². The molecule has 2 N–H and O–H groups in total. The molecule has 0 spiro atoms. The van der Waals surface area contributed by atoms with Crippen molar-refractivity contribution >= 4 is 17.7 Å². The van der Waals surface area contributed by atoms with Gasteiger partial charge in [-0.05, 0) is 0 Å². The number of benzene rings is 1. The fourth-order valence-corrected chi connectivity index (χ4v) is 1.79. The molecule has 1 atom stereocenters. The van der Waals surface area contributed by atoms with Crippen molar-refractivity contribution in [3.8, 4) is 0 Å². The van der Waals surface area contributed by atoms with Gasteiger partial charge in [-0.2, -0.15) is 0 Å². The minimum atomic E-state index is -1.06. The molecule has 1 heterocycles. The Morgan fingerprint density at radius 1 is 1.14 bits per heavy atom. The third kappa shape index (κ3) is 3.38. The number of carbonyl (C=O) groups excluding carboxylic acids is 2. The molecule has 7 heteroatoms. The molecule has 114 valence electrons. The number of nitrogens with two attached hydrogens (primary N) is 1. The summed E-state index contributed by atoms with van der Waals surface area (Å²) in [6, 6.07) is 8.74. The second kappa shape index (κ2) is 6.66. The van der Waals surface area contributed by atoms with E-state index in [4.69, 9.17) is 10.5 Å². The fraction of sp³-hybridized carbons (Fsp3) is 0.200. The predicted molar refractivity (Wildman–Crippen MR) is 79.7 cm³/mol. The smallest absolute Gasteiger partial charge is 0.361 e. The maximum atomic E-state index is 12.3. The fourth-order valence-electron chi connectivity index (χ4n) is 1.79.